The first-order valence-corrected chi connectivity index (χ1v) is 6.56. The topological polar surface area (TPSA) is 38.3 Å². The minimum Gasteiger partial charge on any atom is -0.469 e. The second kappa shape index (κ2) is 4.77. The van der Waals surface area contributed by atoms with Gasteiger partial charge in [0.2, 0.25) is 0 Å². The van der Waals surface area contributed by atoms with E-state index in [9.17, 15) is 4.79 Å². The SMILES string of the molecule is COC(=O)C1C2CCC1(C1CCCNC1)C2.Cl. The number of carbonyl (C=O) groups excluding carboxylic acids is 1. The fourth-order valence-electron chi connectivity index (χ4n) is 4.54. The summed E-state index contributed by atoms with van der Waals surface area (Å²) in [4.78, 5) is 11.9. The molecule has 3 saturated carbocycles. The summed E-state index contributed by atoms with van der Waals surface area (Å²) in [5, 5.41) is 3.49. The van der Waals surface area contributed by atoms with Crippen LogP contribution in [0.15, 0.2) is 0 Å². The van der Waals surface area contributed by atoms with Gasteiger partial charge in [0.15, 0.2) is 0 Å². The molecule has 98 valence electrons. The Morgan fingerprint density at radius 2 is 2.24 bits per heavy atom. The first-order chi connectivity index (χ1) is 7.78. The van der Waals surface area contributed by atoms with Crippen molar-refractivity contribution < 1.29 is 9.53 Å². The van der Waals surface area contributed by atoms with Gasteiger partial charge < -0.3 is 10.1 Å². The number of ether oxygens (including phenoxy) is 1. The van der Waals surface area contributed by atoms with Crippen molar-refractivity contribution in [1.29, 1.82) is 0 Å². The lowest BCUT2D eigenvalue weighted by Gasteiger charge is -2.51. The van der Waals surface area contributed by atoms with E-state index in [1.165, 1.54) is 39.2 Å². The lowest BCUT2D eigenvalue weighted by molar-refractivity contribution is -0.164. The van der Waals surface area contributed by atoms with Gasteiger partial charge in [-0.3, -0.25) is 4.79 Å². The van der Waals surface area contributed by atoms with E-state index in [2.05, 4.69) is 5.32 Å². The van der Waals surface area contributed by atoms with E-state index in [0.717, 1.165) is 13.1 Å². The molecular weight excluding hydrogens is 238 g/mol. The monoisotopic (exact) mass is 259 g/mol. The van der Waals surface area contributed by atoms with E-state index < -0.39 is 0 Å². The van der Waals surface area contributed by atoms with Gasteiger partial charge in [0.05, 0.1) is 13.0 Å². The first-order valence-electron chi connectivity index (χ1n) is 6.56. The summed E-state index contributed by atoms with van der Waals surface area (Å²) in [6, 6.07) is 0. The molecule has 0 radical (unpaired) electrons. The molecule has 4 aliphatic rings. The van der Waals surface area contributed by atoms with Crippen LogP contribution in [0.25, 0.3) is 0 Å². The normalized spacial score (nSPS) is 43.5. The van der Waals surface area contributed by atoms with E-state index in [0.29, 0.717) is 17.3 Å². The van der Waals surface area contributed by atoms with Gasteiger partial charge in [-0.15, -0.1) is 12.4 Å². The summed E-state index contributed by atoms with van der Waals surface area (Å²) < 4.78 is 4.99. The molecule has 0 aromatic rings. The van der Waals surface area contributed by atoms with Gasteiger partial charge in [-0.1, -0.05) is 0 Å². The molecular formula is C13H22ClNO2. The number of nitrogens with one attached hydrogen (secondary N) is 1. The Morgan fingerprint density at radius 1 is 1.41 bits per heavy atom. The Balaban J connectivity index is 0.00000108. The quantitative estimate of drug-likeness (QED) is 0.771. The highest BCUT2D eigenvalue weighted by molar-refractivity contribution is 5.85. The molecule has 3 aliphatic carbocycles. The van der Waals surface area contributed by atoms with Gasteiger partial charge in [0.1, 0.15) is 0 Å². The van der Waals surface area contributed by atoms with E-state index in [1.54, 1.807) is 0 Å². The molecule has 4 fully saturated rings. The van der Waals surface area contributed by atoms with Crippen LogP contribution in [0.4, 0.5) is 0 Å². The molecule has 0 aromatic heterocycles. The van der Waals surface area contributed by atoms with Gasteiger partial charge >= 0.3 is 5.97 Å². The fraction of sp³-hybridized carbons (Fsp3) is 0.923. The average molecular weight is 260 g/mol. The van der Waals surface area contributed by atoms with Crippen LogP contribution in [-0.4, -0.2) is 26.2 Å². The van der Waals surface area contributed by atoms with E-state index in [1.807, 2.05) is 0 Å². The standard InChI is InChI=1S/C13H21NO2.ClH/c1-16-12(15)11-9-4-5-13(11,7-9)10-3-2-6-14-8-10;/h9-11,14H,2-8H2,1H3;1H. The second-order valence-electron chi connectivity index (χ2n) is 5.78. The van der Waals surface area contributed by atoms with E-state index >= 15 is 0 Å². The van der Waals surface area contributed by atoms with E-state index in [4.69, 9.17) is 4.74 Å². The highest BCUT2D eigenvalue weighted by Crippen LogP contribution is 2.67. The summed E-state index contributed by atoms with van der Waals surface area (Å²) in [7, 11) is 1.53. The number of esters is 1. The number of fused-ring (bicyclic) bond motifs is 1. The maximum absolute atomic E-state index is 11.9. The van der Waals surface area contributed by atoms with Crippen LogP contribution < -0.4 is 5.32 Å². The molecule has 4 unspecified atom stereocenters. The Morgan fingerprint density at radius 3 is 2.82 bits per heavy atom. The molecule has 1 heterocycles. The summed E-state index contributed by atoms with van der Waals surface area (Å²) in [6.45, 7) is 2.26. The molecule has 2 bridgehead atoms. The first kappa shape index (κ1) is 13.2. The smallest absolute Gasteiger partial charge is 0.309 e. The summed E-state index contributed by atoms with van der Waals surface area (Å²) >= 11 is 0. The number of hydrogen-bond donors (Lipinski definition) is 1. The second-order valence-corrected chi connectivity index (χ2v) is 5.78. The number of halogens is 1. The van der Waals surface area contributed by atoms with Gasteiger partial charge in [-0.25, -0.2) is 0 Å². The van der Waals surface area contributed by atoms with Gasteiger partial charge in [-0.05, 0) is 62.4 Å². The zero-order chi connectivity index (χ0) is 11.2. The molecule has 3 nitrogen and oxygen atoms in total. The van der Waals surface area contributed by atoms with Crippen molar-refractivity contribution in [2.45, 2.75) is 32.1 Å². The number of rotatable bonds is 2. The largest absolute Gasteiger partial charge is 0.469 e. The molecule has 1 N–H and O–H groups in total. The van der Waals surface area contributed by atoms with Crippen molar-refractivity contribution in [2.24, 2.45) is 23.2 Å². The summed E-state index contributed by atoms with van der Waals surface area (Å²) in [5.41, 5.74) is 0.311. The minimum atomic E-state index is 0. The minimum absolute atomic E-state index is 0. The van der Waals surface area contributed by atoms with Gasteiger partial charge in [0, 0.05) is 0 Å². The van der Waals surface area contributed by atoms with Crippen molar-refractivity contribution >= 4 is 18.4 Å². The lowest BCUT2D eigenvalue weighted by atomic mass is 9.53. The maximum Gasteiger partial charge on any atom is 0.309 e. The molecule has 0 aromatic carbocycles. The summed E-state index contributed by atoms with van der Waals surface area (Å²) in [5.74, 6) is 1.63. The van der Waals surface area contributed by atoms with Crippen LogP contribution >= 0.6 is 12.4 Å². The molecule has 4 atom stereocenters. The molecule has 0 amide bonds. The Kier molecular flexibility index (Phi) is 3.69. The number of piperidine rings is 1. The third-order valence-electron chi connectivity index (χ3n) is 5.28. The summed E-state index contributed by atoms with van der Waals surface area (Å²) in [6.07, 6.45) is 6.34. The predicted octanol–water partition coefficient (Wildman–Crippen LogP) is 2.00. The molecule has 0 spiro atoms. The Labute approximate surface area is 109 Å². The molecule has 17 heavy (non-hydrogen) atoms. The van der Waals surface area contributed by atoms with Crippen LogP contribution in [0, 0.1) is 23.2 Å². The maximum atomic E-state index is 11.9. The lowest BCUT2D eigenvalue weighted by Crippen LogP contribution is -2.53. The van der Waals surface area contributed by atoms with Crippen molar-refractivity contribution in [3.63, 3.8) is 0 Å². The van der Waals surface area contributed by atoms with Crippen LogP contribution in [0.3, 0.4) is 0 Å². The molecule has 1 aliphatic heterocycles. The molecule has 1 saturated heterocycles. The van der Waals surface area contributed by atoms with Crippen LogP contribution in [0.1, 0.15) is 32.1 Å². The van der Waals surface area contributed by atoms with E-state index in [-0.39, 0.29) is 24.3 Å². The Bertz CT molecular complexity index is 300. The Hall–Kier alpha value is -0.280. The zero-order valence-electron chi connectivity index (χ0n) is 10.4. The van der Waals surface area contributed by atoms with Crippen LogP contribution in [-0.2, 0) is 9.53 Å². The fourth-order valence-corrected chi connectivity index (χ4v) is 4.54. The van der Waals surface area contributed by atoms with Crippen molar-refractivity contribution in [3.05, 3.63) is 0 Å². The van der Waals surface area contributed by atoms with Crippen LogP contribution in [0.2, 0.25) is 0 Å². The van der Waals surface area contributed by atoms with Gasteiger partial charge in [0.25, 0.3) is 0 Å². The zero-order valence-corrected chi connectivity index (χ0v) is 11.2. The molecule has 4 rings (SSSR count). The van der Waals surface area contributed by atoms with Crippen LogP contribution in [0.5, 0.6) is 0 Å². The van der Waals surface area contributed by atoms with Crippen molar-refractivity contribution in [2.75, 3.05) is 20.2 Å². The highest BCUT2D eigenvalue weighted by Gasteiger charge is 2.65. The third-order valence-corrected chi connectivity index (χ3v) is 5.28. The average Bonchev–Trinajstić information content (AvgIpc) is 2.89. The number of methoxy groups -OCH3 is 1. The number of hydrogen-bond acceptors (Lipinski definition) is 3. The highest BCUT2D eigenvalue weighted by atomic mass is 35.5. The van der Waals surface area contributed by atoms with Crippen molar-refractivity contribution in [3.8, 4) is 0 Å². The predicted molar refractivity (Wildman–Crippen MR) is 68.1 cm³/mol. The third kappa shape index (κ3) is 1.78. The number of carbonyl (C=O) groups is 1. The van der Waals surface area contributed by atoms with Gasteiger partial charge in [-0.2, -0.15) is 0 Å². The van der Waals surface area contributed by atoms with Crippen molar-refractivity contribution in [1.82, 2.24) is 5.32 Å². The molecule has 4 heteroatoms.